The zero-order valence-corrected chi connectivity index (χ0v) is 15.8. The van der Waals surface area contributed by atoms with Gasteiger partial charge in [-0.25, -0.2) is 4.99 Å². The lowest BCUT2D eigenvalue weighted by molar-refractivity contribution is -0.127. The number of ether oxygens (including phenoxy) is 1. The van der Waals surface area contributed by atoms with Crippen LogP contribution in [0, 0.1) is 5.92 Å². The van der Waals surface area contributed by atoms with Crippen molar-refractivity contribution in [2.75, 3.05) is 46.9 Å². The Balaban J connectivity index is 1.60. The highest BCUT2D eigenvalue weighted by atomic mass is 16.5. The largest absolute Gasteiger partial charge is 0.381 e. The number of likely N-dealkylation sites (tertiary alicyclic amines) is 1. The summed E-state index contributed by atoms with van der Waals surface area (Å²) < 4.78 is 5.44. The summed E-state index contributed by atoms with van der Waals surface area (Å²) in [4.78, 5) is 20.7. The van der Waals surface area contributed by atoms with E-state index in [0.717, 1.165) is 51.1 Å². The molecule has 2 unspecified atom stereocenters. The second-order valence-electron chi connectivity index (χ2n) is 7.90. The minimum Gasteiger partial charge on any atom is -0.381 e. The maximum atomic E-state index is 11.9. The van der Waals surface area contributed by atoms with Crippen LogP contribution in [0.3, 0.4) is 0 Å². The molecular weight excluding hydrogens is 318 g/mol. The number of nitrogens with one attached hydrogen (secondary N) is 2. The van der Waals surface area contributed by atoms with E-state index in [1.807, 2.05) is 0 Å². The lowest BCUT2D eigenvalue weighted by Gasteiger charge is -2.27. The van der Waals surface area contributed by atoms with E-state index in [2.05, 4.69) is 27.4 Å². The molecule has 0 radical (unpaired) electrons. The normalized spacial score (nSPS) is 28.8. The Kier molecular flexibility index (Phi) is 6.17. The van der Waals surface area contributed by atoms with Crippen LogP contribution >= 0.6 is 0 Å². The maximum Gasteiger partial charge on any atom is 0.243 e. The Morgan fingerprint density at radius 3 is 2.52 bits per heavy atom. The summed E-state index contributed by atoms with van der Waals surface area (Å²) in [5.41, 5.74) is 0. The van der Waals surface area contributed by atoms with E-state index < -0.39 is 0 Å². The molecule has 7 nitrogen and oxygen atoms in total. The van der Waals surface area contributed by atoms with Gasteiger partial charge in [0.2, 0.25) is 5.91 Å². The molecule has 2 aliphatic heterocycles. The predicted octanol–water partition coefficient (Wildman–Crippen LogP) is 0.272. The summed E-state index contributed by atoms with van der Waals surface area (Å²) in [5.74, 6) is 1.38. The molecule has 3 aliphatic rings. The van der Waals surface area contributed by atoms with Gasteiger partial charge in [0.25, 0.3) is 0 Å². The van der Waals surface area contributed by atoms with Crippen molar-refractivity contribution < 1.29 is 9.53 Å². The number of carbonyl (C=O) groups is 1. The summed E-state index contributed by atoms with van der Waals surface area (Å²) >= 11 is 0. The number of likely N-dealkylation sites (N-methyl/N-ethyl adjacent to an activating group) is 1. The van der Waals surface area contributed by atoms with Crippen LogP contribution < -0.4 is 10.6 Å². The molecule has 2 saturated heterocycles. The van der Waals surface area contributed by atoms with Gasteiger partial charge in [0.15, 0.2) is 5.96 Å². The van der Waals surface area contributed by atoms with E-state index in [-0.39, 0.29) is 12.5 Å². The molecule has 7 heteroatoms. The van der Waals surface area contributed by atoms with Gasteiger partial charge in [0.1, 0.15) is 6.54 Å². The fourth-order valence-electron chi connectivity index (χ4n) is 3.56. The molecule has 2 atom stereocenters. The van der Waals surface area contributed by atoms with Crippen LogP contribution in [0.25, 0.3) is 0 Å². The average molecular weight is 351 g/mol. The second kappa shape index (κ2) is 8.36. The standard InChI is InChI=1S/C18H33N5O2/c1-13-11-23(15-4-5-15)12-16(13)21-18(19-10-17(24)22(2)3)20-14-6-8-25-9-7-14/h13-16H,4-12H2,1-3H3,(H2,19,20,21). The molecule has 25 heavy (non-hydrogen) atoms. The van der Waals surface area contributed by atoms with Crippen molar-refractivity contribution in [3.8, 4) is 0 Å². The van der Waals surface area contributed by atoms with Crippen LogP contribution in [0.5, 0.6) is 0 Å². The average Bonchev–Trinajstić information content (AvgIpc) is 3.38. The number of nitrogens with zero attached hydrogens (tertiary/aromatic N) is 3. The number of hydrogen-bond acceptors (Lipinski definition) is 4. The molecule has 0 aromatic heterocycles. The Morgan fingerprint density at radius 2 is 1.88 bits per heavy atom. The zero-order chi connectivity index (χ0) is 17.8. The molecule has 1 amide bonds. The van der Waals surface area contributed by atoms with Crippen molar-refractivity contribution in [2.45, 2.75) is 50.7 Å². The summed E-state index contributed by atoms with van der Waals surface area (Å²) in [7, 11) is 3.53. The lowest BCUT2D eigenvalue weighted by Crippen LogP contribution is -2.51. The lowest BCUT2D eigenvalue weighted by atomic mass is 10.1. The quantitative estimate of drug-likeness (QED) is 0.550. The van der Waals surface area contributed by atoms with Gasteiger partial charge in [-0.2, -0.15) is 0 Å². The summed E-state index contributed by atoms with van der Waals surface area (Å²) in [6, 6.07) is 1.56. The fourth-order valence-corrected chi connectivity index (χ4v) is 3.56. The first-order chi connectivity index (χ1) is 12.0. The van der Waals surface area contributed by atoms with Gasteiger partial charge in [0, 0.05) is 58.5 Å². The Labute approximate surface area is 151 Å². The summed E-state index contributed by atoms with van der Waals surface area (Å²) in [5, 5.41) is 7.13. The molecule has 3 rings (SSSR count). The van der Waals surface area contributed by atoms with E-state index in [1.165, 1.54) is 12.8 Å². The van der Waals surface area contributed by atoms with Crippen molar-refractivity contribution in [1.82, 2.24) is 20.4 Å². The van der Waals surface area contributed by atoms with E-state index in [9.17, 15) is 4.79 Å². The minimum atomic E-state index is 0.0205. The van der Waals surface area contributed by atoms with Crippen molar-refractivity contribution in [1.29, 1.82) is 0 Å². The maximum absolute atomic E-state index is 11.9. The van der Waals surface area contributed by atoms with Crippen molar-refractivity contribution in [3.63, 3.8) is 0 Å². The van der Waals surface area contributed by atoms with E-state index in [1.54, 1.807) is 19.0 Å². The monoisotopic (exact) mass is 351 g/mol. The molecule has 1 saturated carbocycles. The highest BCUT2D eigenvalue weighted by Crippen LogP contribution is 2.31. The third-order valence-corrected chi connectivity index (χ3v) is 5.46. The highest BCUT2D eigenvalue weighted by molar-refractivity contribution is 5.85. The van der Waals surface area contributed by atoms with Crippen LogP contribution in [-0.4, -0.2) is 86.7 Å². The van der Waals surface area contributed by atoms with E-state index in [4.69, 9.17) is 4.74 Å². The second-order valence-corrected chi connectivity index (χ2v) is 7.90. The molecule has 3 fully saturated rings. The Hall–Kier alpha value is -1.34. The van der Waals surface area contributed by atoms with Crippen LogP contribution in [0.4, 0.5) is 0 Å². The molecule has 1 aliphatic carbocycles. The van der Waals surface area contributed by atoms with Gasteiger partial charge >= 0.3 is 0 Å². The number of aliphatic imine (C=N–C) groups is 1. The van der Waals surface area contributed by atoms with Gasteiger partial charge < -0.3 is 20.3 Å². The van der Waals surface area contributed by atoms with E-state index >= 15 is 0 Å². The molecule has 0 aromatic carbocycles. The van der Waals surface area contributed by atoms with E-state index in [0.29, 0.717) is 18.0 Å². The molecular formula is C18H33N5O2. The third-order valence-electron chi connectivity index (χ3n) is 5.46. The first kappa shape index (κ1) is 18.5. The zero-order valence-electron chi connectivity index (χ0n) is 15.8. The number of guanidine groups is 1. The topological polar surface area (TPSA) is 69.2 Å². The van der Waals surface area contributed by atoms with Crippen molar-refractivity contribution >= 4 is 11.9 Å². The fraction of sp³-hybridized carbons (Fsp3) is 0.889. The minimum absolute atomic E-state index is 0.0205. The highest BCUT2D eigenvalue weighted by Gasteiger charge is 2.38. The molecule has 2 heterocycles. The summed E-state index contributed by atoms with van der Waals surface area (Å²) in [6.07, 6.45) is 4.66. The predicted molar refractivity (Wildman–Crippen MR) is 98.7 cm³/mol. The van der Waals surface area contributed by atoms with Gasteiger partial charge in [-0.05, 0) is 31.6 Å². The van der Waals surface area contributed by atoms with Crippen molar-refractivity contribution in [3.05, 3.63) is 0 Å². The number of carbonyl (C=O) groups excluding carboxylic acids is 1. The molecule has 2 N–H and O–H groups in total. The summed E-state index contributed by atoms with van der Waals surface area (Å²) in [6.45, 7) is 6.29. The smallest absolute Gasteiger partial charge is 0.243 e. The SMILES string of the molecule is CC1CN(C2CC2)CC1NC(=NCC(=O)N(C)C)NC1CCOCC1. The molecule has 0 bridgehead atoms. The third kappa shape index (κ3) is 5.31. The van der Waals surface area contributed by atoms with Gasteiger partial charge in [-0.3, -0.25) is 9.69 Å². The van der Waals surface area contributed by atoms with Crippen LogP contribution in [0.2, 0.25) is 0 Å². The Morgan fingerprint density at radius 1 is 1.16 bits per heavy atom. The first-order valence-electron chi connectivity index (χ1n) is 9.62. The molecule has 142 valence electrons. The van der Waals surface area contributed by atoms with Gasteiger partial charge in [-0.15, -0.1) is 0 Å². The van der Waals surface area contributed by atoms with Crippen LogP contribution in [0.15, 0.2) is 4.99 Å². The van der Waals surface area contributed by atoms with Crippen LogP contribution in [-0.2, 0) is 9.53 Å². The number of amides is 1. The van der Waals surface area contributed by atoms with Gasteiger partial charge in [0.05, 0.1) is 0 Å². The first-order valence-corrected chi connectivity index (χ1v) is 9.62. The number of hydrogen-bond donors (Lipinski definition) is 2. The van der Waals surface area contributed by atoms with Crippen molar-refractivity contribution in [2.24, 2.45) is 10.9 Å². The van der Waals surface area contributed by atoms with Gasteiger partial charge in [-0.1, -0.05) is 6.92 Å². The Bertz CT molecular complexity index is 486. The number of rotatable bonds is 5. The molecule has 0 spiro atoms. The molecule has 0 aromatic rings. The van der Waals surface area contributed by atoms with Crippen LogP contribution in [0.1, 0.15) is 32.6 Å².